The minimum atomic E-state index is -1.41. The number of aryl methyl sites for hydroxylation is 3. The summed E-state index contributed by atoms with van der Waals surface area (Å²) in [6.45, 7) is 10.4. The number of aromatic nitrogens is 2. The number of rotatable bonds is 11. The van der Waals surface area contributed by atoms with Gasteiger partial charge in [0.1, 0.15) is 18.5 Å². The molecule has 0 saturated carbocycles. The summed E-state index contributed by atoms with van der Waals surface area (Å²) in [5, 5.41) is 28.2. The van der Waals surface area contributed by atoms with Crippen LogP contribution in [0.3, 0.4) is 0 Å². The van der Waals surface area contributed by atoms with Crippen molar-refractivity contribution in [3.63, 3.8) is 0 Å². The summed E-state index contributed by atoms with van der Waals surface area (Å²) in [4.78, 5) is 13.2. The zero-order chi connectivity index (χ0) is 25.0. The van der Waals surface area contributed by atoms with E-state index in [4.69, 9.17) is 14.9 Å². The fourth-order valence-corrected chi connectivity index (χ4v) is 4.74. The molecule has 3 rings (SSSR count). The summed E-state index contributed by atoms with van der Waals surface area (Å²) in [7, 11) is 0. The van der Waals surface area contributed by atoms with Crippen LogP contribution in [0, 0.1) is 19.8 Å². The largest absolute Gasteiger partial charge is 0.490 e. The van der Waals surface area contributed by atoms with Crippen LogP contribution in [0.25, 0.3) is 22.2 Å². The lowest BCUT2D eigenvalue weighted by atomic mass is 10.0. The lowest BCUT2D eigenvalue weighted by Crippen LogP contribution is -2.33. The molecule has 1 amide bonds. The Labute approximate surface area is 203 Å². The highest BCUT2D eigenvalue weighted by Crippen LogP contribution is 2.35. The second-order valence-electron chi connectivity index (χ2n) is 8.96. The Morgan fingerprint density at radius 1 is 1.15 bits per heavy atom. The highest BCUT2D eigenvalue weighted by atomic mass is 32.1. The van der Waals surface area contributed by atoms with Crippen molar-refractivity contribution in [1.29, 1.82) is 0 Å². The van der Waals surface area contributed by atoms with Gasteiger partial charge in [-0.1, -0.05) is 20.8 Å². The van der Waals surface area contributed by atoms with E-state index in [-0.39, 0.29) is 13.0 Å². The van der Waals surface area contributed by atoms with Gasteiger partial charge >= 0.3 is 0 Å². The number of hydrogen-bond acceptors (Lipinski definition) is 8. The molecule has 0 saturated heterocycles. The highest BCUT2D eigenvalue weighted by Gasteiger charge is 2.20. The molecule has 0 fully saturated rings. The normalized spacial score (nSPS) is 13.3. The third-order valence-electron chi connectivity index (χ3n) is 5.51. The lowest BCUT2D eigenvalue weighted by Gasteiger charge is -2.18. The average molecular weight is 488 g/mol. The van der Waals surface area contributed by atoms with E-state index in [2.05, 4.69) is 37.0 Å². The van der Waals surface area contributed by atoms with E-state index < -0.39 is 18.1 Å². The van der Waals surface area contributed by atoms with Gasteiger partial charge in [0, 0.05) is 16.9 Å². The molecule has 3 aromatic rings. The molecule has 9 heteroatoms. The van der Waals surface area contributed by atoms with Crippen molar-refractivity contribution in [3.05, 3.63) is 39.8 Å². The van der Waals surface area contributed by atoms with Crippen molar-refractivity contribution in [3.8, 4) is 28.0 Å². The molecule has 0 radical (unpaired) electrons. The lowest BCUT2D eigenvalue weighted by molar-refractivity contribution is -0.127. The highest BCUT2D eigenvalue weighted by molar-refractivity contribution is 7.15. The van der Waals surface area contributed by atoms with E-state index >= 15 is 0 Å². The number of carbonyl (C=O) groups excluding carboxylic acids is 1. The van der Waals surface area contributed by atoms with Crippen molar-refractivity contribution in [2.45, 2.75) is 66.1 Å². The Morgan fingerprint density at radius 3 is 2.50 bits per heavy atom. The second-order valence-corrected chi connectivity index (χ2v) is 10.2. The van der Waals surface area contributed by atoms with Crippen LogP contribution in [0.2, 0.25) is 0 Å². The van der Waals surface area contributed by atoms with Crippen LogP contribution in [0.5, 0.6) is 5.75 Å². The van der Waals surface area contributed by atoms with Crippen LogP contribution >= 0.6 is 11.3 Å². The molecule has 0 bridgehead atoms. The SMILES string of the molecule is CCc1cc(-c2nnc(-c3cc(CC(C)C)c(C)s3)o2)cc(C)c1OC[C@H](O)CC(O)C(N)=O. The van der Waals surface area contributed by atoms with Gasteiger partial charge in [-0.15, -0.1) is 21.5 Å². The van der Waals surface area contributed by atoms with E-state index in [1.807, 2.05) is 26.0 Å². The minimum absolute atomic E-state index is 0.0708. The Kier molecular flexibility index (Phi) is 8.46. The maximum Gasteiger partial charge on any atom is 0.258 e. The predicted octanol–water partition coefficient (Wildman–Crippen LogP) is 3.82. The monoisotopic (exact) mass is 487 g/mol. The van der Waals surface area contributed by atoms with Crippen molar-refractivity contribution < 1.29 is 24.2 Å². The Hall–Kier alpha value is -2.75. The molecule has 2 aromatic heterocycles. The molecular formula is C25H33N3O5S. The van der Waals surface area contributed by atoms with Crippen LogP contribution in [0.1, 0.15) is 48.8 Å². The van der Waals surface area contributed by atoms with Crippen molar-refractivity contribution in [2.24, 2.45) is 11.7 Å². The van der Waals surface area contributed by atoms with Gasteiger partial charge in [0.05, 0.1) is 11.0 Å². The molecule has 34 heavy (non-hydrogen) atoms. The van der Waals surface area contributed by atoms with Gasteiger partial charge < -0.3 is 25.1 Å². The number of amides is 1. The summed E-state index contributed by atoms with van der Waals surface area (Å²) in [6.07, 6.45) is -0.916. The maximum absolute atomic E-state index is 11.0. The maximum atomic E-state index is 11.0. The molecule has 4 N–H and O–H groups in total. The summed E-state index contributed by atoms with van der Waals surface area (Å²) in [5.41, 5.74) is 8.91. The molecule has 8 nitrogen and oxygen atoms in total. The smallest absolute Gasteiger partial charge is 0.258 e. The van der Waals surface area contributed by atoms with Crippen molar-refractivity contribution in [2.75, 3.05) is 6.61 Å². The summed E-state index contributed by atoms with van der Waals surface area (Å²) < 4.78 is 11.9. The number of benzene rings is 1. The summed E-state index contributed by atoms with van der Waals surface area (Å²) in [5.74, 6) is 1.28. The van der Waals surface area contributed by atoms with E-state index in [1.54, 1.807) is 11.3 Å². The first-order valence-electron chi connectivity index (χ1n) is 11.4. The number of aliphatic hydroxyl groups is 2. The quantitative estimate of drug-likeness (QED) is 0.375. The van der Waals surface area contributed by atoms with Gasteiger partial charge in [0.15, 0.2) is 0 Å². The fraction of sp³-hybridized carbons (Fsp3) is 0.480. The molecule has 0 aliphatic carbocycles. The van der Waals surface area contributed by atoms with Gasteiger partial charge in [-0.3, -0.25) is 4.79 Å². The van der Waals surface area contributed by atoms with E-state index in [1.165, 1.54) is 10.4 Å². The van der Waals surface area contributed by atoms with Gasteiger partial charge in [-0.25, -0.2) is 0 Å². The number of carbonyl (C=O) groups is 1. The van der Waals surface area contributed by atoms with Crippen molar-refractivity contribution >= 4 is 17.2 Å². The number of primary amides is 1. The first-order chi connectivity index (χ1) is 16.1. The van der Waals surface area contributed by atoms with Gasteiger partial charge in [0.25, 0.3) is 5.89 Å². The number of thiophene rings is 1. The first-order valence-corrected chi connectivity index (χ1v) is 12.3. The number of aliphatic hydroxyl groups excluding tert-OH is 2. The van der Waals surface area contributed by atoms with Gasteiger partial charge in [-0.05, 0) is 67.5 Å². The van der Waals surface area contributed by atoms with Crippen molar-refractivity contribution in [1.82, 2.24) is 10.2 Å². The van der Waals surface area contributed by atoms with E-state index in [0.717, 1.165) is 28.0 Å². The molecule has 184 valence electrons. The number of hydrogen-bond donors (Lipinski definition) is 3. The van der Waals surface area contributed by atoms with E-state index in [9.17, 15) is 15.0 Å². The summed E-state index contributed by atoms with van der Waals surface area (Å²) >= 11 is 1.66. The molecular weight excluding hydrogens is 454 g/mol. The van der Waals surface area contributed by atoms with Crippen LogP contribution in [0.15, 0.2) is 22.6 Å². The van der Waals surface area contributed by atoms with Crippen LogP contribution in [-0.2, 0) is 17.6 Å². The predicted molar refractivity (Wildman–Crippen MR) is 132 cm³/mol. The fourth-order valence-electron chi connectivity index (χ4n) is 3.77. The molecule has 0 aliphatic heterocycles. The van der Waals surface area contributed by atoms with Crippen LogP contribution in [-0.4, -0.2) is 45.1 Å². The molecule has 2 heterocycles. The number of nitrogens with zero attached hydrogens (tertiary/aromatic N) is 2. The van der Waals surface area contributed by atoms with Crippen LogP contribution in [0.4, 0.5) is 0 Å². The minimum Gasteiger partial charge on any atom is -0.490 e. The molecule has 2 atom stereocenters. The van der Waals surface area contributed by atoms with E-state index in [0.29, 0.717) is 29.9 Å². The Bertz CT molecular complexity index is 1140. The first kappa shape index (κ1) is 25.9. The van der Waals surface area contributed by atoms with Gasteiger partial charge in [0.2, 0.25) is 11.8 Å². The number of ether oxygens (including phenoxy) is 1. The van der Waals surface area contributed by atoms with Crippen LogP contribution < -0.4 is 10.5 Å². The standard InChI is InChI=1S/C25H33N3O5S/c1-6-16-9-18(8-14(4)22(16)32-12-19(29)11-20(30)23(26)31)24-27-28-25(33-24)21-10-17(7-13(2)3)15(5)34-21/h8-10,13,19-20,29-30H,6-7,11-12H2,1-5H3,(H2,26,31)/t19-,20?/m1/s1. The second kappa shape index (κ2) is 11.1. The topological polar surface area (TPSA) is 132 Å². The molecule has 0 aliphatic rings. The molecule has 0 spiro atoms. The zero-order valence-corrected chi connectivity index (χ0v) is 21.1. The zero-order valence-electron chi connectivity index (χ0n) is 20.3. The third-order valence-corrected chi connectivity index (χ3v) is 6.59. The average Bonchev–Trinajstić information content (AvgIpc) is 3.39. The number of nitrogens with two attached hydrogens (primary N) is 1. The third kappa shape index (κ3) is 6.22. The molecule has 1 aromatic carbocycles. The Morgan fingerprint density at radius 2 is 1.85 bits per heavy atom. The molecule has 1 unspecified atom stereocenters. The summed E-state index contributed by atoms with van der Waals surface area (Å²) in [6, 6.07) is 5.98. The van der Waals surface area contributed by atoms with Gasteiger partial charge in [-0.2, -0.15) is 0 Å². The Balaban J connectivity index is 1.78.